The molecule has 2 N–H and O–H groups in total. The Kier molecular flexibility index (Phi) is 6.50. The average molecular weight is 239 g/mol. The molecular formula is C12H21N3O2. The Balaban J connectivity index is 2.28. The summed E-state index contributed by atoms with van der Waals surface area (Å²) >= 11 is 0. The molecule has 0 amide bonds. The van der Waals surface area contributed by atoms with Gasteiger partial charge in [-0.1, -0.05) is 6.92 Å². The first-order valence-electron chi connectivity index (χ1n) is 6.03. The summed E-state index contributed by atoms with van der Waals surface area (Å²) in [7, 11) is 0. The molecule has 17 heavy (non-hydrogen) atoms. The molecular weight excluding hydrogens is 218 g/mol. The molecule has 1 heterocycles. The van der Waals surface area contributed by atoms with Gasteiger partial charge in [-0.15, -0.1) is 0 Å². The van der Waals surface area contributed by atoms with Crippen LogP contribution in [0.3, 0.4) is 0 Å². The van der Waals surface area contributed by atoms with Gasteiger partial charge in [0.05, 0.1) is 13.2 Å². The van der Waals surface area contributed by atoms with Crippen LogP contribution in [0.2, 0.25) is 0 Å². The Labute approximate surface area is 102 Å². The molecule has 1 rings (SSSR count). The topological polar surface area (TPSA) is 67.3 Å². The second-order valence-corrected chi connectivity index (χ2v) is 3.76. The lowest BCUT2D eigenvalue weighted by molar-refractivity contribution is 0.0922. The molecule has 0 spiro atoms. The van der Waals surface area contributed by atoms with E-state index in [1.807, 2.05) is 13.0 Å². The molecule has 0 radical (unpaired) electrons. The summed E-state index contributed by atoms with van der Waals surface area (Å²) in [6.45, 7) is 5.93. The Morgan fingerprint density at radius 1 is 1.35 bits per heavy atom. The Morgan fingerprint density at radius 3 is 2.88 bits per heavy atom. The van der Waals surface area contributed by atoms with Crippen molar-refractivity contribution in [3.05, 3.63) is 17.6 Å². The highest BCUT2D eigenvalue weighted by molar-refractivity contribution is 5.35. The average Bonchev–Trinajstić information content (AvgIpc) is 2.33. The standard InChI is InChI=1S/C12H21N3O2/c1-3-11-9-12(15-10(2)14-11)13-5-4-7-17-8-6-16/h9,16H,3-8H2,1-2H3,(H,13,14,15). The van der Waals surface area contributed by atoms with Crippen molar-refractivity contribution >= 4 is 5.82 Å². The SMILES string of the molecule is CCc1cc(NCCCOCCO)nc(C)n1. The quantitative estimate of drug-likeness (QED) is 0.666. The summed E-state index contributed by atoms with van der Waals surface area (Å²) in [5.41, 5.74) is 1.05. The van der Waals surface area contributed by atoms with Crippen LogP contribution >= 0.6 is 0 Å². The lowest BCUT2D eigenvalue weighted by Crippen LogP contribution is -2.09. The highest BCUT2D eigenvalue weighted by Crippen LogP contribution is 2.07. The van der Waals surface area contributed by atoms with Crippen LogP contribution in [0.5, 0.6) is 0 Å². The molecule has 96 valence electrons. The molecule has 0 aromatic carbocycles. The number of aliphatic hydroxyl groups excluding tert-OH is 1. The molecule has 1 aromatic rings. The summed E-state index contributed by atoms with van der Waals surface area (Å²) in [6.07, 6.45) is 1.81. The van der Waals surface area contributed by atoms with Crippen molar-refractivity contribution < 1.29 is 9.84 Å². The molecule has 0 bridgehead atoms. The number of anilines is 1. The van der Waals surface area contributed by atoms with Gasteiger partial charge in [-0.25, -0.2) is 9.97 Å². The number of hydrogen-bond acceptors (Lipinski definition) is 5. The monoisotopic (exact) mass is 239 g/mol. The number of rotatable bonds is 8. The fourth-order valence-electron chi connectivity index (χ4n) is 1.46. The second-order valence-electron chi connectivity index (χ2n) is 3.76. The molecule has 5 nitrogen and oxygen atoms in total. The van der Waals surface area contributed by atoms with Crippen molar-refractivity contribution in [3.8, 4) is 0 Å². The van der Waals surface area contributed by atoms with E-state index in [1.165, 1.54) is 0 Å². The van der Waals surface area contributed by atoms with Crippen molar-refractivity contribution in [1.82, 2.24) is 9.97 Å². The summed E-state index contributed by atoms with van der Waals surface area (Å²) in [5.74, 6) is 1.67. The van der Waals surface area contributed by atoms with E-state index < -0.39 is 0 Å². The molecule has 0 atom stereocenters. The van der Waals surface area contributed by atoms with Gasteiger partial charge < -0.3 is 15.2 Å². The highest BCUT2D eigenvalue weighted by atomic mass is 16.5. The highest BCUT2D eigenvalue weighted by Gasteiger charge is 1.99. The predicted octanol–water partition coefficient (Wildman–Crippen LogP) is 1.16. The van der Waals surface area contributed by atoms with Crippen LogP contribution in [0, 0.1) is 6.92 Å². The number of hydrogen-bond donors (Lipinski definition) is 2. The summed E-state index contributed by atoms with van der Waals surface area (Å²) in [5, 5.41) is 11.8. The van der Waals surface area contributed by atoms with E-state index in [4.69, 9.17) is 9.84 Å². The Morgan fingerprint density at radius 2 is 2.18 bits per heavy atom. The normalized spacial score (nSPS) is 10.5. The van der Waals surface area contributed by atoms with E-state index >= 15 is 0 Å². The minimum Gasteiger partial charge on any atom is -0.394 e. The maximum Gasteiger partial charge on any atom is 0.129 e. The van der Waals surface area contributed by atoms with Crippen molar-refractivity contribution in [2.75, 3.05) is 31.7 Å². The second kappa shape index (κ2) is 7.97. The van der Waals surface area contributed by atoms with Gasteiger partial charge in [0.2, 0.25) is 0 Å². The van der Waals surface area contributed by atoms with Crippen LogP contribution in [0.1, 0.15) is 24.9 Å². The number of nitrogens with one attached hydrogen (secondary N) is 1. The van der Waals surface area contributed by atoms with Crippen molar-refractivity contribution in [2.45, 2.75) is 26.7 Å². The molecule has 0 fully saturated rings. The zero-order valence-corrected chi connectivity index (χ0v) is 10.6. The van der Waals surface area contributed by atoms with Crippen molar-refractivity contribution in [3.63, 3.8) is 0 Å². The maximum atomic E-state index is 8.53. The van der Waals surface area contributed by atoms with Gasteiger partial charge in [0.25, 0.3) is 0 Å². The van der Waals surface area contributed by atoms with E-state index in [2.05, 4.69) is 22.2 Å². The van der Waals surface area contributed by atoms with Gasteiger partial charge in [0, 0.05) is 24.9 Å². The number of aryl methyl sites for hydroxylation is 2. The molecule has 0 aliphatic rings. The van der Waals surface area contributed by atoms with Gasteiger partial charge in [-0.2, -0.15) is 0 Å². The zero-order valence-electron chi connectivity index (χ0n) is 10.6. The molecule has 0 aliphatic carbocycles. The Bertz CT molecular complexity index is 332. The fraction of sp³-hybridized carbons (Fsp3) is 0.667. The van der Waals surface area contributed by atoms with Gasteiger partial charge in [0.15, 0.2) is 0 Å². The Hall–Kier alpha value is -1.20. The third-order valence-corrected chi connectivity index (χ3v) is 2.26. The molecule has 0 aliphatic heterocycles. The van der Waals surface area contributed by atoms with E-state index in [0.29, 0.717) is 13.2 Å². The summed E-state index contributed by atoms with van der Waals surface area (Å²) in [4.78, 5) is 8.63. The van der Waals surface area contributed by atoms with Gasteiger partial charge in [0.1, 0.15) is 11.6 Å². The molecule has 0 unspecified atom stereocenters. The van der Waals surface area contributed by atoms with Crippen LogP contribution in [-0.2, 0) is 11.2 Å². The van der Waals surface area contributed by atoms with Crippen LogP contribution in [-0.4, -0.2) is 41.4 Å². The van der Waals surface area contributed by atoms with E-state index in [0.717, 1.165) is 36.7 Å². The minimum atomic E-state index is 0.0817. The molecule has 0 saturated heterocycles. The first kappa shape index (κ1) is 13.9. The van der Waals surface area contributed by atoms with E-state index in [1.54, 1.807) is 0 Å². The fourth-order valence-corrected chi connectivity index (χ4v) is 1.46. The van der Waals surface area contributed by atoms with E-state index in [-0.39, 0.29) is 6.61 Å². The van der Waals surface area contributed by atoms with Crippen LogP contribution < -0.4 is 5.32 Å². The van der Waals surface area contributed by atoms with Crippen LogP contribution in [0.4, 0.5) is 5.82 Å². The largest absolute Gasteiger partial charge is 0.394 e. The number of aliphatic hydroxyl groups is 1. The number of nitrogens with zero attached hydrogens (tertiary/aromatic N) is 2. The zero-order chi connectivity index (χ0) is 12.5. The van der Waals surface area contributed by atoms with Gasteiger partial charge in [-0.3, -0.25) is 0 Å². The van der Waals surface area contributed by atoms with Crippen LogP contribution in [0.15, 0.2) is 6.07 Å². The number of ether oxygens (including phenoxy) is 1. The third-order valence-electron chi connectivity index (χ3n) is 2.26. The molecule has 0 saturated carbocycles. The number of aromatic nitrogens is 2. The lowest BCUT2D eigenvalue weighted by Gasteiger charge is -2.08. The predicted molar refractivity (Wildman–Crippen MR) is 67.2 cm³/mol. The summed E-state index contributed by atoms with van der Waals surface area (Å²) in [6, 6.07) is 1.97. The first-order valence-corrected chi connectivity index (χ1v) is 6.03. The van der Waals surface area contributed by atoms with Crippen molar-refractivity contribution in [2.24, 2.45) is 0 Å². The lowest BCUT2D eigenvalue weighted by atomic mass is 10.3. The van der Waals surface area contributed by atoms with Crippen LogP contribution in [0.25, 0.3) is 0 Å². The first-order chi connectivity index (χ1) is 8.26. The maximum absolute atomic E-state index is 8.53. The third kappa shape index (κ3) is 5.60. The van der Waals surface area contributed by atoms with Gasteiger partial charge >= 0.3 is 0 Å². The molecule has 5 heteroatoms. The van der Waals surface area contributed by atoms with Crippen molar-refractivity contribution in [1.29, 1.82) is 0 Å². The van der Waals surface area contributed by atoms with E-state index in [9.17, 15) is 0 Å². The van der Waals surface area contributed by atoms with Gasteiger partial charge in [-0.05, 0) is 19.8 Å². The smallest absolute Gasteiger partial charge is 0.129 e. The summed E-state index contributed by atoms with van der Waals surface area (Å²) < 4.78 is 5.17. The minimum absolute atomic E-state index is 0.0817. The molecule has 1 aromatic heterocycles.